The first-order chi connectivity index (χ1) is 11.6. The standard InChI is InChI=1S/C19H25NO3S/c1-14-8-10-17(11-9-14)24(21)22-13-12-18-15(2)23-19(20-18)16-6-4-3-5-7-16/h8-11,16H,3-7,12-13H2,1-2H3. The molecule has 1 fully saturated rings. The molecule has 1 atom stereocenters. The van der Waals surface area contributed by atoms with Gasteiger partial charge in [-0.1, -0.05) is 37.0 Å². The Kier molecular flexibility index (Phi) is 5.85. The van der Waals surface area contributed by atoms with Crippen molar-refractivity contribution in [2.24, 2.45) is 0 Å². The first kappa shape index (κ1) is 17.4. The van der Waals surface area contributed by atoms with Crippen LogP contribution in [0, 0.1) is 13.8 Å². The molecule has 0 spiro atoms. The lowest BCUT2D eigenvalue weighted by Gasteiger charge is -2.17. The van der Waals surface area contributed by atoms with Gasteiger partial charge in [0, 0.05) is 12.3 Å². The molecule has 1 aliphatic rings. The second-order valence-electron chi connectivity index (χ2n) is 6.51. The van der Waals surface area contributed by atoms with Gasteiger partial charge in [0.1, 0.15) is 5.76 Å². The summed E-state index contributed by atoms with van der Waals surface area (Å²) in [5.41, 5.74) is 2.07. The maximum atomic E-state index is 12.1. The fraction of sp³-hybridized carbons (Fsp3) is 0.526. The molecule has 1 unspecified atom stereocenters. The lowest BCUT2D eigenvalue weighted by molar-refractivity contribution is 0.349. The van der Waals surface area contributed by atoms with Crippen LogP contribution in [0.1, 0.15) is 60.9 Å². The van der Waals surface area contributed by atoms with E-state index in [2.05, 4.69) is 4.98 Å². The van der Waals surface area contributed by atoms with Crippen LogP contribution in [-0.4, -0.2) is 15.8 Å². The molecule has 4 nitrogen and oxygen atoms in total. The van der Waals surface area contributed by atoms with Gasteiger partial charge in [-0.2, -0.15) is 0 Å². The molecular weight excluding hydrogens is 322 g/mol. The number of hydrogen-bond donors (Lipinski definition) is 0. The maximum absolute atomic E-state index is 12.1. The molecule has 1 aromatic heterocycles. The van der Waals surface area contributed by atoms with Gasteiger partial charge in [0.25, 0.3) is 0 Å². The highest BCUT2D eigenvalue weighted by molar-refractivity contribution is 7.80. The molecule has 1 saturated carbocycles. The number of aryl methyl sites for hydroxylation is 2. The van der Waals surface area contributed by atoms with Crippen molar-refractivity contribution in [3.05, 3.63) is 47.2 Å². The molecule has 1 heterocycles. The van der Waals surface area contributed by atoms with Gasteiger partial charge in [-0.25, -0.2) is 9.19 Å². The zero-order chi connectivity index (χ0) is 16.9. The zero-order valence-electron chi connectivity index (χ0n) is 14.4. The minimum absolute atomic E-state index is 0.373. The summed E-state index contributed by atoms with van der Waals surface area (Å²) in [6.45, 7) is 4.33. The highest BCUT2D eigenvalue weighted by Crippen LogP contribution is 2.33. The number of rotatable bonds is 6. The van der Waals surface area contributed by atoms with E-state index in [1.807, 2.05) is 38.1 Å². The highest BCUT2D eigenvalue weighted by atomic mass is 32.2. The third kappa shape index (κ3) is 4.33. The molecule has 0 radical (unpaired) electrons. The van der Waals surface area contributed by atoms with Crippen LogP contribution in [0.2, 0.25) is 0 Å². The average molecular weight is 347 g/mol. The van der Waals surface area contributed by atoms with Crippen molar-refractivity contribution < 1.29 is 12.8 Å². The number of benzene rings is 1. The minimum atomic E-state index is -1.43. The number of nitrogens with zero attached hydrogens (tertiary/aromatic N) is 1. The van der Waals surface area contributed by atoms with Gasteiger partial charge in [-0.15, -0.1) is 0 Å². The fourth-order valence-corrected chi connectivity index (χ4v) is 3.87. The first-order valence-electron chi connectivity index (χ1n) is 8.71. The molecule has 5 heteroatoms. The third-order valence-corrected chi connectivity index (χ3v) is 5.64. The Balaban J connectivity index is 1.53. The summed E-state index contributed by atoms with van der Waals surface area (Å²) < 4.78 is 23.5. The van der Waals surface area contributed by atoms with Crippen LogP contribution < -0.4 is 0 Å². The van der Waals surface area contributed by atoms with Gasteiger partial charge in [0.05, 0.1) is 17.2 Å². The van der Waals surface area contributed by atoms with E-state index in [9.17, 15) is 4.21 Å². The number of aromatic nitrogens is 1. The van der Waals surface area contributed by atoms with Crippen molar-refractivity contribution in [1.29, 1.82) is 0 Å². The molecule has 0 aliphatic heterocycles. The Labute approximate surface area is 146 Å². The van der Waals surface area contributed by atoms with Crippen LogP contribution in [0.3, 0.4) is 0 Å². The normalized spacial score (nSPS) is 17.1. The zero-order valence-corrected chi connectivity index (χ0v) is 15.2. The molecule has 0 N–H and O–H groups in total. The molecule has 0 bridgehead atoms. The summed E-state index contributed by atoms with van der Waals surface area (Å²) >= 11 is -1.43. The summed E-state index contributed by atoms with van der Waals surface area (Å²) in [5.74, 6) is 2.20. The molecule has 3 rings (SSSR count). The van der Waals surface area contributed by atoms with E-state index in [1.54, 1.807) is 0 Å². The lowest BCUT2D eigenvalue weighted by Crippen LogP contribution is -2.06. The summed E-state index contributed by atoms with van der Waals surface area (Å²) in [7, 11) is 0. The molecular formula is C19H25NO3S. The second kappa shape index (κ2) is 8.08. The van der Waals surface area contributed by atoms with Gasteiger partial charge in [0.15, 0.2) is 17.0 Å². The summed E-state index contributed by atoms with van der Waals surface area (Å²) in [4.78, 5) is 5.36. The molecule has 130 valence electrons. The number of oxazole rings is 1. The predicted molar refractivity (Wildman–Crippen MR) is 94.3 cm³/mol. The molecule has 0 saturated heterocycles. The Morgan fingerprint density at radius 1 is 1.17 bits per heavy atom. The van der Waals surface area contributed by atoms with Gasteiger partial charge < -0.3 is 4.42 Å². The van der Waals surface area contributed by atoms with Crippen LogP contribution in [-0.2, 0) is 21.7 Å². The average Bonchev–Trinajstić information content (AvgIpc) is 2.97. The number of hydrogen-bond acceptors (Lipinski definition) is 4. The topological polar surface area (TPSA) is 52.3 Å². The van der Waals surface area contributed by atoms with Crippen LogP contribution in [0.25, 0.3) is 0 Å². The van der Waals surface area contributed by atoms with Gasteiger partial charge in [-0.3, -0.25) is 4.18 Å². The van der Waals surface area contributed by atoms with Crippen LogP contribution in [0.4, 0.5) is 0 Å². The molecule has 2 aromatic rings. The van der Waals surface area contributed by atoms with E-state index in [1.165, 1.54) is 32.1 Å². The van der Waals surface area contributed by atoms with Crippen molar-refractivity contribution in [1.82, 2.24) is 4.98 Å². The molecule has 0 amide bonds. The van der Waals surface area contributed by atoms with Crippen LogP contribution >= 0.6 is 0 Å². The van der Waals surface area contributed by atoms with E-state index < -0.39 is 11.1 Å². The van der Waals surface area contributed by atoms with Gasteiger partial charge >= 0.3 is 0 Å². The van der Waals surface area contributed by atoms with Crippen molar-refractivity contribution in [2.75, 3.05) is 6.61 Å². The molecule has 1 aliphatic carbocycles. The van der Waals surface area contributed by atoms with Gasteiger partial charge in [-0.05, 0) is 38.8 Å². The van der Waals surface area contributed by atoms with E-state index in [4.69, 9.17) is 8.60 Å². The predicted octanol–water partition coefficient (Wildman–Crippen LogP) is 4.62. The third-order valence-electron chi connectivity index (χ3n) is 4.61. The minimum Gasteiger partial charge on any atom is -0.445 e. The first-order valence-corrected chi connectivity index (χ1v) is 9.79. The summed E-state index contributed by atoms with van der Waals surface area (Å²) in [6, 6.07) is 7.56. The van der Waals surface area contributed by atoms with E-state index in [0.29, 0.717) is 23.8 Å². The monoisotopic (exact) mass is 347 g/mol. The quantitative estimate of drug-likeness (QED) is 0.765. The largest absolute Gasteiger partial charge is 0.445 e. The fourth-order valence-electron chi connectivity index (χ4n) is 3.14. The molecule has 1 aromatic carbocycles. The molecule has 24 heavy (non-hydrogen) atoms. The Morgan fingerprint density at radius 2 is 1.88 bits per heavy atom. The van der Waals surface area contributed by atoms with Crippen molar-refractivity contribution in [3.63, 3.8) is 0 Å². The van der Waals surface area contributed by atoms with E-state index >= 15 is 0 Å². The van der Waals surface area contributed by atoms with Gasteiger partial charge in [0.2, 0.25) is 0 Å². The maximum Gasteiger partial charge on any atom is 0.197 e. The smallest absolute Gasteiger partial charge is 0.197 e. The Bertz CT molecular complexity index is 687. The Hall–Kier alpha value is -1.46. The lowest BCUT2D eigenvalue weighted by atomic mass is 9.89. The van der Waals surface area contributed by atoms with E-state index in [-0.39, 0.29) is 0 Å². The van der Waals surface area contributed by atoms with Crippen LogP contribution in [0.5, 0.6) is 0 Å². The van der Waals surface area contributed by atoms with Crippen LogP contribution in [0.15, 0.2) is 33.6 Å². The van der Waals surface area contributed by atoms with E-state index in [0.717, 1.165) is 22.9 Å². The highest BCUT2D eigenvalue weighted by Gasteiger charge is 2.22. The summed E-state index contributed by atoms with van der Waals surface area (Å²) in [5, 5.41) is 0. The second-order valence-corrected chi connectivity index (χ2v) is 7.69. The van der Waals surface area contributed by atoms with Crippen molar-refractivity contribution in [2.45, 2.75) is 63.2 Å². The summed E-state index contributed by atoms with van der Waals surface area (Å²) in [6.07, 6.45) is 6.82. The Morgan fingerprint density at radius 3 is 2.58 bits per heavy atom. The van der Waals surface area contributed by atoms with Crippen molar-refractivity contribution >= 4 is 11.1 Å². The van der Waals surface area contributed by atoms with Crippen molar-refractivity contribution in [3.8, 4) is 0 Å². The SMILES string of the molecule is Cc1ccc(S(=O)OCCc2nc(C3CCCCC3)oc2C)cc1.